The van der Waals surface area contributed by atoms with Crippen LogP contribution in [-0.2, 0) is 0 Å². The Hall–Kier alpha value is -3.98. The van der Waals surface area contributed by atoms with E-state index in [1.54, 1.807) is 12.1 Å². The van der Waals surface area contributed by atoms with Gasteiger partial charge in [-0.15, -0.1) is 0 Å². The van der Waals surface area contributed by atoms with Gasteiger partial charge in [0, 0.05) is 12.1 Å². The van der Waals surface area contributed by atoms with Crippen molar-refractivity contribution in [3.05, 3.63) is 136 Å². The van der Waals surface area contributed by atoms with Crippen molar-refractivity contribution in [2.75, 3.05) is 0 Å². The fraction of sp³-hybridized carbons (Fsp3) is 0. The molecule has 0 bridgehead atoms. The predicted octanol–water partition coefficient (Wildman–Crippen LogP) is 6.85. The van der Waals surface area contributed by atoms with Gasteiger partial charge in [-0.05, 0) is 51.6 Å². The van der Waals surface area contributed by atoms with Gasteiger partial charge in [-0.1, -0.05) is 84.9 Å². The van der Waals surface area contributed by atoms with Gasteiger partial charge in [-0.3, -0.25) is 10.1 Å². The molecule has 0 atom stereocenters. The molecule has 0 amide bonds. The van der Waals surface area contributed by atoms with Crippen LogP contribution in [0.2, 0.25) is 0 Å². The summed E-state index contributed by atoms with van der Waals surface area (Å²) in [6.07, 6.45) is 2.18. The topological polar surface area (TPSA) is 43.1 Å². The summed E-state index contributed by atoms with van der Waals surface area (Å²) in [6.45, 7) is 0. The molecule has 3 heteroatoms. The Morgan fingerprint density at radius 3 is 1.52 bits per heavy atom. The molecule has 0 radical (unpaired) electrons. The van der Waals surface area contributed by atoms with Crippen LogP contribution in [-0.4, -0.2) is 4.92 Å². The maximum absolute atomic E-state index is 10.8. The first-order chi connectivity index (χ1) is 14.2. The van der Waals surface area contributed by atoms with E-state index in [-0.39, 0.29) is 10.6 Å². The van der Waals surface area contributed by atoms with Crippen LogP contribution < -0.4 is 0 Å². The molecule has 3 nitrogen and oxygen atoms in total. The van der Waals surface area contributed by atoms with E-state index in [9.17, 15) is 10.1 Å². The summed E-state index contributed by atoms with van der Waals surface area (Å²) in [5, 5.41) is 10.8. The summed E-state index contributed by atoms with van der Waals surface area (Å²) in [5.41, 5.74) is 6.67. The maximum atomic E-state index is 10.8. The molecule has 0 unspecified atom stereocenters. The normalized spacial score (nSPS) is 10.3. The van der Waals surface area contributed by atoms with E-state index in [1.165, 1.54) is 12.1 Å². The predicted molar refractivity (Wildman–Crippen MR) is 118 cm³/mol. The third-order valence-corrected chi connectivity index (χ3v) is 4.80. The third kappa shape index (κ3) is 4.30. The van der Waals surface area contributed by atoms with Gasteiger partial charge in [0.25, 0.3) is 5.69 Å². The molecule has 140 valence electrons. The first-order valence-electron chi connectivity index (χ1n) is 9.38. The Labute approximate surface area is 169 Å². The average molecular weight is 377 g/mol. The maximum Gasteiger partial charge on any atom is 0.269 e. The lowest BCUT2D eigenvalue weighted by Gasteiger charge is -2.09. The van der Waals surface area contributed by atoms with Crippen molar-refractivity contribution < 1.29 is 4.92 Å². The lowest BCUT2D eigenvalue weighted by atomic mass is 9.95. The lowest BCUT2D eigenvalue weighted by Crippen LogP contribution is -1.88. The quantitative estimate of drug-likeness (QED) is 0.217. The van der Waals surface area contributed by atoms with E-state index >= 15 is 0 Å². The first-order valence-corrected chi connectivity index (χ1v) is 9.38. The van der Waals surface area contributed by atoms with E-state index in [4.69, 9.17) is 0 Å². The molecule has 29 heavy (non-hydrogen) atoms. The number of hydrogen-bond acceptors (Lipinski definition) is 2. The van der Waals surface area contributed by atoms with Crippen molar-refractivity contribution in [3.63, 3.8) is 0 Å². The highest BCUT2D eigenvalue weighted by Crippen LogP contribution is 2.27. The molecule has 0 saturated carbocycles. The van der Waals surface area contributed by atoms with Gasteiger partial charge in [0.2, 0.25) is 0 Å². The molecule has 0 spiro atoms. The van der Waals surface area contributed by atoms with E-state index in [0.717, 1.165) is 33.4 Å². The molecule has 0 aliphatic heterocycles. The molecule has 4 rings (SSSR count). The molecule has 4 aromatic rings. The van der Waals surface area contributed by atoms with Gasteiger partial charge in [0.05, 0.1) is 4.92 Å². The molecule has 0 N–H and O–H groups in total. The minimum atomic E-state index is -0.383. The zero-order chi connectivity index (χ0) is 20.1. The molecular formula is C26H19NO2. The lowest BCUT2D eigenvalue weighted by molar-refractivity contribution is -0.384. The Bertz CT molecular complexity index is 1090. The summed E-state index contributed by atoms with van der Waals surface area (Å²) in [5.74, 6) is 0. The summed E-state index contributed by atoms with van der Waals surface area (Å²) in [4.78, 5) is 10.4. The van der Waals surface area contributed by atoms with Crippen LogP contribution in [0, 0.1) is 10.1 Å². The van der Waals surface area contributed by atoms with Crippen molar-refractivity contribution in [2.24, 2.45) is 0 Å². The SMILES string of the molecule is O=[N+]([O-])c1ccc(-c2ccc(C=C(c3ccccc3)c3ccccc3)cc2)cc1. The molecule has 0 aliphatic carbocycles. The number of nitro benzene ring substituents is 1. The molecular weight excluding hydrogens is 358 g/mol. The zero-order valence-corrected chi connectivity index (χ0v) is 15.7. The summed E-state index contributed by atoms with van der Waals surface area (Å²) >= 11 is 0. The number of rotatable bonds is 5. The Balaban J connectivity index is 1.68. The van der Waals surface area contributed by atoms with Crippen LogP contribution in [0.15, 0.2) is 109 Å². The van der Waals surface area contributed by atoms with Gasteiger partial charge >= 0.3 is 0 Å². The van der Waals surface area contributed by atoms with Crippen LogP contribution in [0.5, 0.6) is 0 Å². The smallest absolute Gasteiger partial charge is 0.258 e. The summed E-state index contributed by atoms with van der Waals surface area (Å²) in [6, 6.07) is 35.5. The monoisotopic (exact) mass is 377 g/mol. The number of nitrogens with zero attached hydrogens (tertiary/aromatic N) is 1. The number of non-ortho nitro benzene ring substituents is 1. The highest BCUT2D eigenvalue weighted by Gasteiger charge is 2.07. The Kier molecular flexibility index (Phi) is 5.30. The van der Waals surface area contributed by atoms with Crippen molar-refractivity contribution in [1.29, 1.82) is 0 Å². The minimum Gasteiger partial charge on any atom is -0.258 e. The molecule has 0 aromatic heterocycles. The molecule has 4 aromatic carbocycles. The summed E-state index contributed by atoms with van der Waals surface area (Å²) in [7, 11) is 0. The number of benzene rings is 4. The Morgan fingerprint density at radius 2 is 1.07 bits per heavy atom. The largest absolute Gasteiger partial charge is 0.269 e. The van der Waals surface area contributed by atoms with E-state index < -0.39 is 0 Å². The van der Waals surface area contributed by atoms with Crippen LogP contribution in [0.4, 0.5) is 5.69 Å². The second kappa shape index (κ2) is 8.36. The van der Waals surface area contributed by atoms with Crippen LogP contribution in [0.3, 0.4) is 0 Å². The van der Waals surface area contributed by atoms with E-state index in [0.29, 0.717) is 0 Å². The Morgan fingerprint density at radius 1 is 0.621 bits per heavy atom. The average Bonchev–Trinajstić information content (AvgIpc) is 2.79. The van der Waals surface area contributed by atoms with Gasteiger partial charge in [-0.25, -0.2) is 0 Å². The molecule has 0 aliphatic rings. The second-order valence-corrected chi connectivity index (χ2v) is 6.72. The van der Waals surface area contributed by atoms with Crippen molar-refractivity contribution >= 4 is 17.3 Å². The highest BCUT2D eigenvalue weighted by atomic mass is 16.6. The number of nitro groups is 1. The van der Waals surface area contributed by atoms with Crippen molar-refractivity contribution in [2.45, 2.75) is 0 Å². The second-order valence-electron chi connectivity index (χ2n) is 6.72. The molecule has 0 saturated heterocycles. The minimum absolute atomic E-state index is 0.101. The van der Waals surface area contributed by atoms with E-state index in [1.807, 2.05) is 48.5 Å². The number of hydrogen-bond donors (Lipinski definition) is 0. The van der Waals surface area contributed by atoms with Crippen LogP contribution >= 0.6 is 0 Å². The van der Waals surface area contributed by atoms with Crippen molar-refractivity contribution in [1.82, 2.24) is 0 Å². The fourth-order valence-corrected chi connectivity index (χ4v) is 3.28. The van der Waals surface area contributed by atoms with Crippen molar-refractivity contribution in [3.8, 4) is 11.1 Å². The standard InChI is InChI=1S/C26H19NO2/c28-27(29)25-17-15-22(16-18-25)21-13-11-20(12-14-21)19-26(23-7-3-1-4-8-23)24-9-5-2-6-10-24/h1-19H. The third-order valence-electron chi connectivity index (χ3n) is 4.80. The summed E-state index contributed by atoms with van der Waals surface area (Å²) < 4.78 is 0. The zero-order valence-electron chi connectivity index (χ0n) is 15.7. The van der Waals surface area contributed by atoms with Crippen LogP contribution in [0.1, 0.15) is 16.7 Å². The van der Waals surface area contributed by atoms with E-state index in [2.05, 4.69) is 42.5 Å². The fourth-order valence-electron chi connectivity index (χ4n) is 3.28. The molecule has 0 fully saturated rings. The van der Waals surface area contributed by atoms with Gasteiger partial charge < -0.3 is 0 Å². The van der Waals surface area contributed by atoms with Gasteiger partial charge in [0.15, 0.2) is 0 Å². The van der Waals surface area contributed by atoms with Crippen LogP contribution in [0.25, 0.3) is 22.8 Å². The van der Waals surface area contributed by atoms with Gasteiger partial charge in [-0.2, -0.15) is 0 Å². The first kappa shape index (κ1) is 18.4. The molecule has 0 heterocycles. The highest BCUT2D eigenvalue weighted by molar-refractivity contribution is 5.91. The van der Waals surface area contributed by atoms with Gasteiger partial charge in [0.1, 0.15) is 0 Å².